The molecular weight excluding hydrogens is 426 g/mol. The van der Waals surface area contributed by atoms with Crippen LogP contribution < -0.4 is 0 Å². The van der Waals surface area contributed by atoms with Crippen LogP contribution >= 0.6 is 0 Å². The zero-order valence-electron chi connectivity index (χ0n) is 18.1. The van der Waals surface area contributed by atoms with Gasteiger partial charge < -0.3 is 4.98 Å². The molecule has 4 heterocycles. The second-order valence-electron chi connectivity index (χ2n) is 9.11. The molecule has 10 heteroatoms. The highest BCUT2D eigenvalue weighted by Gasteiger charge is 2.52. The van der Waals surface area contributed by atoms with Crippen LogP contribution in [0.4, 0.5) is 0 Å². The van der Waals surface area contributed by atoms with E-state index in [1.54, 1.807) is 10.5 Å². The number of aromatic nitrogens is 5. The van der Waals surface area contributed by atoms with Crippen LogP contribution in [0.25, 0.3) is 22.3 Å². The number of hydrogen-bond acceptors (Lipinski definition) is 6. The molecule has 0 amide bonds. The van der Waals surface area contributed by atoms with Crippen molar-refractivity contribution in [2.75, 3.05) is 18.8 Å². The first-order valence-electron chi connectivity index (χ1n) is 11.1. The molecule has 1 saturated carbocycles. The Labute approximate surface area is 187 Å². The third kappa shape index (κ3) is 3.49. The van der Waals surface area contributed by atoms with E-state index in [1.807, 2.05) is 30.1 Å². The smallest absolute Gasteiger partial charge is 0.214 e. The number of nitriles is 1. The molecule has 1 N–H and O–H groups in total. The molecule has 32 heavy (non-hydrogen) atoms. The van der Waals surface area contributed by atoms with Gasteiger partial charge in [-0.2, -0.15) is 10.4 Å². The van der Waals surface area contributed by atoms with Gasteiger partial charge in [0.2, 0.25) is 10.0 Å². The van der Waals surface area contributed by atoms with E-state index in [0.29, 0.717) is 25.9 Å². The molecule has 0 radical (unpaired) electrons. The predicted molar refractivity (Wildman–Crippen MR) is 120 cm³/mol. The van der Waals surface area contributed by atoms with Crippen molar-refractivity contribution in [3.8, 4) is 17.3 Å². The third-order valence-corrected chi connectivity index (χ3v) is 8.97. The summed E-state index contributed by atoms with van der Waals surface area (Å²) in [6.45, 7) is 3.10. The minimum absolute atomic E-state index is 0.224. The number of fused-ring (bicyclic) bond motifs is 2. The predicted octanol–water partition coefficient (Wildman–Crippen LogP) is 2.90. The summed E-state index contributed by atoms with van der Waals surface area (Å²) in [5.74, 6) is 0.729. The monoisotopic (exact) mass is 453 g/mol. The van der Waals surface area contributed by atoms with Crippen molar-refractivity contribution < 1.29 is 8.42 Å². The summed E-state index contributed by atoms with van der Waals surface area (Å²) in [6.07, 6.45) is 10.6. The number of unbranched alkanes of at least 4 members (excludes halogenated alkanes) is 1. The summed E-state index contributed by atoms with van der Waals surface area (Å²) in [5.41, 5.74) is 2.05. The summed E-state index contributed by atoms with van der Waals surface area (Å²) in [4.78, 5) is 11.8. The Morgan fingerprint density at radius 3 is 2.78 bits per heavy atom. The second-order valence-corrected chi connectivity index (χ2v) is 11.2. The largest absolute Gasteiger partial charge is 0.346 e. The second kappa shape index (κ2) is 7.98. The Bertz CT molecular complexity index is 1260. The topological polar surface area (TPSA) is 121 Å². The molecule has 2 fully saturated rings. The van der Waals surface area contributed by atoms with E-state index in [4.69, 9.17) is 0 Å². The maximum Gasteiger partial charge on any atom is 0.214 e. The molecule has 1 aliphatic heterocycles. The Morgan fingerprint density at radius 2 is 2.06 bits per heavy atom. The van der Waals surface area contributed by atoms with E-state index in [2.05, 4.69) is 26.1 Å². The van der Waals surface area contributed by atoms with Gasteiger partial charge in [-0.3, -0.25) is 4.68 Å². The van der Waals surface area contributed by atoms with Crippen LogP contribution in [0.15, 0.2) is 31.0 Å². The molecular formula is C22H27N7O2S. The van der Waals surface area contributed by atoms with Gasteiger partial charge in [0.15, 0.2) is 0 Å². The minimum atomic E-state index is -3.20. The molecule has 3 aromatic heterocycles. The van der Waals surface area contributed by atoms with Gasteiger partial charge in [-0.25, -0.2) is 22.7 Å². The van der Waals surface area contributed by atoms with Crippen LogP contribution in [0.2, 0.25) is 0 Å². The maximum absolute atomic E-state index is 12.7. The highest BCUT2D eigenvalue weighted by atomic mass is 32.2. The molecule has 1 aliphatic carbocycles. The Kier molecular flexibility index (Phi) is 5.26. The van der Waals surface area contributed by atoms with Gasteiger partial charge in [0, 0.05) is 36.4 Å². The molecule has 168 valence electrons. The lowest BCUT2D eigenvalue weighted by Crippen LogP contribution is -2.36. The van der Waals surface area contributed by atoms with Crippen molar-refractivity contribution in [2.45, 2.75) is 44.6 Å². The summed E-state index contributed by atoms with van der Waals surface area (Å²) < 4.78 is 28.9. The average Bonchev–Trinajstić information content (AvgIpc) is 3.54. The molecule has 0 spiro atoms. The van der Waals surface area contributed by atoms with E-state index < -0.39 is 15.6 Å². The lowest BCUT2D eigenvalue weighted by Gasteiger charge is -2.29. The molecule has 3 atom stereocenters. The molecule has 9 nitrogen and oxygen atoms in total. The number of H-pyrrole nitrogens is 1. The fourth-order valence-corrected chi connectivity index (χ4v) is 7.22. The number of sulfonamides is 1. The van der Waals surface area contributed by atoms with E-state index in [1.165, 1.54) is 6.33 Å². The molecule has 3 aromatic rings. The number of nitrogens with zero attached hydrogens (tertiary/aromatic N) is 6. The van der Waals surface area contributed by atoms with Crippen molar-refractivity contribution in [3.63, 3.8) is 0 Å². The van der Waals surface area contributed by atoms with E-state index in [-0.39, 0.29) is 17.6 Å². The Hall–Kier alpha value is -2.77. The lowest BCUT2D eigenvalue weighted by atomic mass is 9.92. The normalized spacial score (nSPS) is 25.9. The third-order valence-electron chi connectivity index (χ3n) is 7.08. The highest BCUT2D eigenvalue weighted by Crippen LogP contribution is 2.50. The molecule has 0 aromatic carbocycles. The van der Waals surface area contributed by atoms with Gasteiger partial charge >= 0.3 is 0 Å². The van der Waals surface area contributed by atoms with Crippen LogP contribution in [0.3, 0.4) is 0 Å². The van der Waals surface area contributed by atoms with Gasteiger partial charge in [0.05, 0.1) is 35.7 Å². The van der Waals surface area contributed by atoms with Crippen molar-refractivity contribution in [1.82, 2.24) is 29.0 Å². The zero-order chi connectivity index (χ0) is 22.3. The van der Waals surface area contributed by atoms with Gasteiger partial charge in [-0.05, 0) is 37.2 Å². The average molecular weight is 454 g/mol. The molecule has 0 bridgehead atoms. The van der Waals surface area contributed by atoms with Crippen LogP contribution in [0, 0.1) is 23.2 Å². The first-order chi connectivity index (χ1) is 15.5. The lowest BCUT2D eigenvalue weighted by molar-refractivity contribution is 0.240. The number of aromatic amines is 1. The number of nitrogens with one attached hydrogen (secondary N) is 1. The van der Waals surface area contributed by atoms with Crippen LogP contribution in [-0.2, 0) is 15.6 Å². The highest BCUT2D eigenvalue weighted by molar-refractivity contribution is 7.89. The zero-order valence-corrected chi connectivity index (χ0v) is 18.9. The molecule has 0 unspecified atom stereocenters. The number of hydrogen-bond donors (Lipinski definition) is 1. The van der Waals surface area contributed by atoms with Gasteiger partial charge in [0.1, 0.15) is 12.0 Å². The SMILES string of the molecule is CCCCS(=O)(=O)N1C[C@@H]2C[C@@](CC#N)(n3cc(-c4ncnc5[nH]ccc45)cn3)C[C@@H]2C1. The summed E-state index contributed by atoms with van der Waals surface area (Å²) in [7, 11) is -3.20. The maximum atomic E-state index is 12.7. The van der Waals surface area contributed by atoms with Crippen molar-refractivity contribution in [2.24, 2.45) is 11.8 Å². The summed E-state index contributed by atoms with van der Waals surface area (Å²) >= 11 is 0. The fourth-order valence-electron chi connectivity index (χ4n) is 5.47. The fraction of sp³-hybridized carbons (Fsp3) is 0.545. The van der Waals surface area contributed by atoms with Gasteiger partial charge in [-0.15, -0.1) is 0 Å². The Balaban J connectivity index is 1.39. The van der Waals surface area contributed by atoms with Gasteiger partial charge in [-0.1, -0.05) is 13.3 Å². The van der Waals surface area contributed by atoms with Gasteiger partial charge in [0.25, 0.3) is 0 Å². The van der Waals surface area contributed by atoms with Crippen LogP contribution in [-0.4, -0.2) is 56.3 Å². The molecule has 5 rings (SSSR count). The van der Waals surface area contributed by atoms with Crippen LogP contribution in [0.5, 0.6) is 0 Å². The summed E-state index contributed by atoms with van der Waals surface area (Å²) in [6, 6.07) is 4.30. The minimum Gasteiger partial charge on any atom is -0.346 e. The number of rotatable bonds is 7. The quantitative estimate of drug-likeness (QED) is 0.587. The van der Waals surface area contributed by atoms with E-state index in [9.17, 15) is 13.7 Å². The van der Waals surface area contributed by atoms with E-state index >= 15 is 0 Å². The summed E-state index contributed by atoms with van der Waals surface area (Å²) in [5, 5.41) is 15.2. The standard InChI is InChI=1S/C22H27N7O2S/c1-2-3-8-32(30,31)28-12-16-9-22(5-6-23,10-17(16)13-28)29-14-18(11-27-29)20-19-4-7-24-21(19)26-15-25-20/h4,7,11,14-17H,2-3,5,8-10,12-13H2,1H3,(H,24,25,26)/t16-,17+,22+. The first kappa shape index (κ1) is 21.1. The molecule has 1 saturated heterocycles. The van der Waals surface area contributed by atoms with Crippen molar-refractivity contribution >= 4 is 21.1 Å². The van der Waals surface area contributed by atoms with Crippen LogP contribution in [0.1, 0.15) is 39.0 Å². The first-order valence-corrected chi connectivity index (χ1v) is 12.7. The van der Waals surface area contributed by atoms with Crippen molar-refractivity contribution in [3.05, 3.63) is 31.0 Å². The van der Waals surface area contributed by atoms with Crippen molar-refractivity contribution in [1.29, 1.82) is 5.26 Å². The molecule has 2 aliphatic rings. The van der Waals surface area contributed by atoms with E-state index in [0.717, 1.165) is 41.6 Å². The Morgan fingerprint density at radius 1 is 1.28 bits per heavy atom.